The smallest absolute Gasteiger partial charge is 0.374 e. The summed E-state index contributed by atoms with van der Waals surface area (Å²) in [6.45, 7) is 2.17. The number of carbonyl (C=O) groups is 2. The van der Waals surface area contributed by atoms with E-state index in [1.807, 2.05) is 13.0 Å². The number of amides is 1. The SMILES string of the molecule is CCOc1ccc(N(CCC#N)C(=O)COC(=O)c2ccco2)cc1. The van der Waals surface area contributed by atoms with E-state index in [0.717, 1.165) is 0 Å². The fourth-order valence-corrected chi connectivity index (χ4v) is 2.12. The first-order chi connectivity index (χ1) is 12.2. The first-order valence-electron chi connectivity index (χ1n) is 7.76. The largest absolute Gasteiger partial charge is 0.494 e. The van der Waals surface area contributed by atoms with Crippen LogP contribution in [0.1, 0.15) is 23.9 Å². The number of ether oxygens (including phenoxy) is 2. The van der Waals surface area contributed by atoms with Gasteiger partial charge < -0.3 is 18.8 Å². The molecule has 0 aliphatic heterocycles. The van der Waals surface area contributed by atoms with Gasteiger partial charge in [0.15, 0.2) is 6.61 Å². The molecule has 0 saturated heterocycles. The number of rotatable bonds is 8. The number of benzene rings is 1. The number of furan rings is 1. The molecule has 130 valence electrons. The van der Waals surface area contributed by atoms with Gasteiger partial charge in [-0.05, 0) is 43.3 Å². The molecule has 0 radical (unpaired) electrons. The lowest BCUT2D eigenvalue weighted by Gasteiger charge is -2.21. The third-order valence-corrected chi connectivity index (χ3v) is 3.26. The van der Waals surface area contributed by atoms with E-state index >= 15 is 0 Å². The molecule has 0 unspecified atom stereocenters. The molecule has 7 nitrogen and oxygen atoms in total. The Balaban J connectivity index is 2.03. The third kappa shape index (κ3) is 5.11. The van der Waals surface area contributed by atoms with Gasteiger partial charge in [0.2, 0.25) is 5.76 Å². The molecular formula is C18H18N2O5. The van der Waals surface area contributed by atoms with Gasteiger partial charge in [0, 0.05) is 12.2 Å². The lowest BCUT2D eigenvalue weighted by molar-refractivity contribution is -0.121. The summed E-state index contributed by atoms with van der Waals surface area (Å²) < 4.78 is 15.2. The molecule has 1 heterocycles. The number of hydrogen-bond acceptors (Lipinski definition) is 6. The van der Waals surface area contributed by atoms with Crippen LogP contribution in [-0.2, 0) is 9.53 Å². The van der Waals surface area contributed by atoms with E-state index in [4.69, 9.17) is 19.2 Å². The molecule has 0 aliphatic rings. The second kappa shape index (κ2) is 9.13. The average Bonchev–Trinajstić information content (AvgIpc) is 3.16. The first kappa shape index (κ1) is 18.1. The van der Waals surface area contributed by atoms with Gasteiger partial charge in [-0.15, -0.1) is 0 Å². The Hall–Kier alpha value is -3.27. The van der Waals surface area contributed by atoms with Crippen molar-refractivity contribution in [1.29, 1.82) is 5.26 Å². The van der Waals surface area contributed by atoms with E-state index in [9.17, 15) is 9.59 Å². The number of nitrogens with zero attached hydrogens (tertiary/aromatic N) is 2. The van der Waals surface area contributed by atoms with Gasteiger partial charge >= 0.3 is 5.97 Å². The van der Waals surface area contributed by atoms with Crippen molar-refractivity contribution >= 4 is 17.6 Å². The van der Waals surface area contributed by atoms with Crippen molar-refractivity contribution in [2.24, 2.45) is 0 Å². The lowest BCUT2D eigenvalue weighted by atomic mass is 10.2. The number of nitriles is 1. The van der Waals surface area contributed by atoms with E-state index in [0.29, 0.717) is 18.0 Å². The van der Waals surface area contributed by atoms with Crippen molar-refractivity contribution in [1.82, 2.24) is 0 Å². The Morgan fingerprint density at radius 3 is 2.60 bits per heavy atom. The summed E-state index contributed by atoms with van der Waals surface area (Å²) in [6, 6.07) is 11.9. The van der Waals surface area contributed by atoms with Crippen LogP contribution in [-0.4, -0.2) is 31.6 Å². The van der Waals surface area contributed by atoms with Crippen molar-refractivity contribution in [3.63, 3.8) is 0 Å². The summed E-state index contributed by atoms with van der Waals surface area (Å²) in [6.07, 6.45) is 1.50. The molecule has 2 aromatic rings. The van der Waals surface area contributed by atoms with Crippen molar-refractivity contribution in [3.8, 4) is 11.8 Å². The van der Waals surface area contributed by atoms with E-state index in [1.165, 1.54) is 17.2 Å². The molecule has 0 N–H and O–H groups in total. The monoisotopic (exact) mass is 342 g/mol. The molecule has 2 rings (SSSR count). The zero-order chi connectivity index (χ0) is 18.1. The molecule has 0 atom stereocenters. The van der Waals surface area contributed by atoms with Crippen molar-refractivity contribution < 1.29 is 23.5 Å². The molecule has 1 aromatic heterocycles. The number of esters is 1. The van der Waals surface area contributed by atoms with Crippen LogP contribution in [0.5, 0.6) is 5.75 Å². The van der Waals surface area contributed by atoms with Gasteiger partial charge in [0.25, 0.3) is 5.91 Å². The van der Waals surface area contributed by atoms with Crippen LogP contribution in [0.4, 0.5) is 5.69 Å². The minimum absolute atomic E-state index is 0.0254. The van der Waals surface area contributed by atoms with E-state index in [-0.39, 0.29) is 18.7 Å². The standard InChI is InChI=1S/C18H18N2O5/c1-2-23-15-8-6-14(7-9-15)20(11-4-10-19)17(21)13-25-18(22)16-5-3-12-24-16/h3,5-9,12H,2,4,11,13H2,1H3. The summed E-state index contributed by atoms with van der Waals surface area (Å²) in [7, 11) is 0. The molecular weight excluding hydrogens is 324 g/mol. The molecule has 0 spiro atoms. The van der Waals surface area contributed by atoms with Gasteiger partial charge in [-0.2, -0.15) is 5.26 Å². The summed E-state index contributed by atoms with van der Waals surface area (Å²) in [5, 5.41) is 8.80. The van der Waals surface area contributed by atoms with E-state index in [2.05, 4.69) is 0 Å². The van der Waals surface area contributed by atoms with Crippen LogP contribution in [0.2, 0.25) is 0 Å². The van der Waals surface area contributed by atoms with Gasteiger partial charge in [0.1, 0.15) is 5.75 Å². The molecule has 0 bridgehead atoms. The molecule has 1 aromatic carbocycles. The Morgan fingerprint density at radius 2 is 2.00 bits per heavy atom. The van der Waals surface area contributed by atoms with Crippen LogP contribution in [0.25, 0.3) is 0 Å². The van der Waals surface area contributed by atoms with E-state index in [1.54, 1.807) is 30.3 Å². The normalized spacial score (nSPS) is 9.92. The van der Waals surface area contributed by atoms with Gasteiger partial charge in [-0.3, -0.25) is 4.79 Å². The topological polar surface area (TPSA) is 92.8 Å². The second-order valence-corrected chi connectivity index (χ2v) is 4.93. The quantitative estimate of drug-likeness (QED) is 0.685. The maximum atomic E-state index is 12.4. The maximum absolute atomic E-state index is 12.4. The van der Waals surface area contributed by atoms with Crippen LogP contribution in [0, 0.1) is 11.3 Å². The minimum Gasteiger partial charge on any atom is -0.494 e. The highest BCUT2D eigenvalue weighted by atomic mass is 16.5. The maximum Gasteiger partial charge on any atom is 0.374 e. The highest BCUT2D eigenvalue weighted by Crippen LogP contribution is 2.20. The summed E-state index contributed by atoms with van der Waals surface area (Å²) >= 11 is 0. The Kier molecular flexibility index (Phi) is 6.60. The number of hydrogen-bond donors (Lipinski definition) is 0. The fourth-order valence-electron chi connectivity index (χ4n) is 2.12. The molecule has 1 amide bonds. The lowest BCUT2D eigenvalue weighted by Crippen LogP contribution is -2.35. The Bertz CT molecular complexity index is 732. The van der Waals surface area contributed by atoms with Crippen molar-refractivity contribution in [2.75, 3.05) is 24.7 Å². The van der Waals surface area contributed by atoms with Crippen molar-refractivity contribution in [2.45, 2.75) is 13.3 Å². The fraction of sp³-hybridized carbons (Fsp3) is 0.278. The third-order valence-electron chi connectivity index (χ3n) is 3.26. The van der Waals surface area contributed by atoms with Crippen LogP contribution < -0.4 is 9.64 Å². The predicted molar refractivity (Wildman–Crippen MR) is 89.2 cm³/mol. The van der Waals surface area contributed by atoms with Gasteiger partial charge in [0.05, 0.1) is 25.4 Å². The van der Waals surface area contributed by atoms with Gasteiger partial charge in [-0.25, -0.2) is 4.79 Å². The number of anilines is 1. The predicted octanol–water partition coefficient (Wildman–Crippen LogP) is 2.78. The zero-order valence-corrected chi connectivity index (χ0v) is 13.8. The van der Waals surface area contributed by atoms with Crippen LogP contribution in [0.15, 0.2) is 47.1 Å². The summed E-state index contributed by atoms with van der Waals surface area (Å²) in [5.74, 6) is -0.440. The number of carbonyl (C=O) groups excluding carboxylic acids is 2. The van der Waals surface area contributed by atoms with Gasteiger partial charge in [-0.1, -0.05) is 0 Å². The summed E-state index contributed by atoms with van der Waals surface area (Å²) in [5.41, 5.74) is 0.595. The highest BCUT2D eigenvalue weighted by Gasteiger charge is 2.19. The molecule has 0 aliphatic carbocycles. The minimum atomic E-state index is -0.717. The molecule has 0 fully saturated rings. The van der Waals surface area contributed by atoms with E-state index < -0.39 is 18.5 Å². The molecule has 0 saturated carbocycles. The zero-order valence-electron chi connectivity index (χ0n) is 13.8. The Morgan fingerprint density at radius 1 is 1.24 bits per heavy atom. The average molecular weight is 342 g/mol. The molecule has 7 heteroatoms. The Labute approximate surface area is 145 Å². The van der Waals surface area contributed by atoms with Crippen LogP contribution in [0.3, 0.4) is 0 Å². The van der Waals surface area contributed by atoms with Crippen molar-refractivity contribution in [3.05, 3.63) is 48.4 Å². The second-order valence-electron chi connectivity index (χ2n) is 4.93. The molecule has 25 heavy (non-hydrogen) atoms. The highest BCUT2D eigenvalue weighted by molar-refractivity contribution is 5.96. The first-order valence-corrected chi connectivity index (χ1v) is 7.76. The summed E-state index contributed by atoms with van der Waals surface area (Å²) in [4.78, 5) is 25.6. The van der Waals surface area contributed by atoms with Crippen LogP contribution >= 0.6 is 0 Å².